The van der Waals surface area contributed by atoms with E-state index in [9.17, 15) is 4.79 Å². The van der Waals surface area contributed by atoms with Gasteiger partial charge in [-0.25, -0.2) is 0 Å². The molecular weight excluding hydrogens is 252 g/mol. The van der Waals surface area contributed by atoms with E-state index in [-0.39, 0.29) is 24.0 Å². The Morgan fingerprint density at radius 3 is 2.70 bits per heavy atom. The van der Waals surface area contributed by atoms with E-state index in [1.807, 2.05) is 24.3 Å². The molecule has 1 aliphatic heterocycles. The zero-order valence-electron chi connectivity index (χ0n) is 12.6. The van der Waals surface area contributed by atoms with Crippen molar-refractivity contribution in [2.45, 2.75) is 38.6 Å². The third kappa shape index (κ3) is 3.51. The minimum atomic E-state index is -0.00433. The highest BCUT2D eigenvalue weighted by atomic mass is 16.5. The Morgan fingerprint density at radius 1 is 1.40 bits per heavy atom. The number of nitrogens with two attached hydrogens (primary N) is 1. The van der Waals surface area contributed by atoms with Crippen LogP contribution in [0.25, 0.3) is 0 Å². The van der Waals surface area contributed by atoms with Crippen LogP contribution in [0, 0.1) is 0 Å². The number of hydrogen-bond donors (Lipinski definition) is 1. The van der Waals surface area contributed by atoms with Crippen molar-refractivity contribution in [1.82, 2.24) is 4.90 Å². The predicted molar refractivity (Wildman–Crippen MR) is 79.8 cm³/mol. The van der Waals surface area contributed by atoms with Gasteiger partial charge >= 0.3 is 0 Å². The van der Waals surface area contributed by atoms with Gasteiger partial charge in [0.15, 0.2) is 6.61 Å². The maximum absolute atomic E-state index is 12.1. The quantitative estimate of drug-likeness (QED) is 0.917. The van der Waals surface area contributed by atoms with Crippen LogP contribution >= 0.6 is 0 Å². The summed E-state index contributed by atoms with van der Waals surface area (Å²) >= 11 is 0. The van der Waals surface area contributed by atoms with Gasteiger partial charge in [0.25, 0.3) is 5.91 Å². The summed E-state index contributed by atoms with van der Waals surface area (Å²) in [6, 6.07) is 8.01. The van der Waals surface area contributed by atoms with Crippen molar-refractivity contribution in [3.05, 3.63) is 29.8 Å². The number of nitrogens with zero attached hydrogens (tertiary/aromatic N) is 1. The van der Waals surface area contributed by atoms with Crippen LogP contribution in [0.15, 0.2) is 24.3 Å². The lowest BCUT2D eigenvalue weighted by Crippen LogP contribution is -2.35. The molecule has 2 rings (SSSR count). The summed E-state index contributed by atoms with van der Waals surface area (Å²) in [6.07, 6.45) is 0.879. The molecule has 4 nitrogen and oxygen atoms in total. The molecule has 1 aromatic rings. The fourth-order valence-electron chi connectivity index (χ4n) is 2.46. The minimum absolute atomic E-state index is 0.00433. The molecule has 110 valence electrons. The second-order valence-corrected chi connectivity index (χ2v) is 6.42. The van der Waals surface area contributed by atoms with Crippen molar-refractivity contribution in [2.24, 2.45) is 5.73 Å². The van der Waals surface area contributed by atoms with Gasteiger partial charge in [0.05, 0.1) is 0 Å². The van der Waals surface area contributed by atoms with Crippen molar-refractivity contribution in [2.75, 3.05) is 19.7 Å². The molecule has 2 N–H and O–H groups in total. The van der Waals surface area contributed by atoms with Crippen LogP contribution in [0.3, 0.4) is 0 Å². The molecule has 0 saturated carbocycles. The number of likely N-dealkylation sites (tertiary alicyclic amines) is 1. The summed E-state index contributed by atoms with van der Waals surface area (Å²) in [7, 11) is 0. The minimum Gasteiger partial charge on any atom is -0.483 e. The molecule has 0 spiro atoms. The molecule has 0 bridgehead atoms. The van der Waals surface area contributed by atoms with Gasteiger partial charge in [0.2, 0.25) is 0 Å². The number of para-hydroxylation sites is 1. The molecule has 1 atom stereocenters. The number of carbonyl (C=O) groups is 1. The summed E-state index contributed by atoms with van der Waals surface area (Å²) < 4.78 is 5.74. The number of carbonyl (C=O) groups excluding carboxylic acids is 1. The van der Waals surface area contributed by atoms with Crippen LogP contribution in [-0.4, -0.2) is 36.5 Å². The topological polar surface area (TPSA) is 55.6 Å². The SMILES string of the molecule is CC(C)(C)c1ccccc1OCC(=O)N1CC[C@@H](N)C1. The van der Waals surface area contributed by atoms with Gasteiger partial charge in [-0.15, -0.1) is 0 Å². The molecule has 1 aromatic carbocycles. The predicted octanol–water partition coefficient (Wildman–Crippen LogP) is 1.92. The number of amides is 1. The van der Waals surface area contributed by atoms with Gasteiger partial charge in [-0.05, 0) is 23.5 Å². The summed E-state index contributed by atoms with van der Waals surface area (Å²) in [5.74, 6) is 0.804. The van der Waals surface area contributed by atoms with E-state index < -0.39 is 0 Å². The monoisotopic (exact) mass is 276 g/mol. The van der Waals surface area contributed by atoms with E-state index in [0.29, 0.717) is 6.54 Å². The van der Waals surface area contributed by atoms with Gasteiger partial charge in [0.1, 0.15) is 5.75 Å². The van der Waals surface area contributed by atoms with E-state index in [2.05, 4.69) is 20.8 Å². The molecule has 1 amide bonds. The van der Waals surface area contributed by atoms with E-state index in [1.54, 1.807) is 4.90 Å². The first-order valence-electron chi connectivity index (χ1n) is 7.13. The van der Waals surface area contributed by atoms with Crippen LogP contribution in [0.5, 0.6) is 5.75 Å². The van der Waals surface area contributed by atoms with Gasteiger partial charge in [-0.1, -0.05) is 39.0 Å². The average Bonchev–Trinajstić information content (AvgIpc) is 2.82. The highest BCUT2D eigenvalue weighted by Crippen LogP contribution is 2.30. The van der Waals surface area contributed by atoms with Gasteiger partial charge in [-0.2, -0.15) is 0 Å². The lowest BCUT2D eigenvalue weighted by atomic mass is 9.86. The molecular formula is C16H24N2O2. The van der Waals surface area contributed by atoms with Crippen molar-refractivity contribution in [3.8, 4) is 5.75 Å². The largest absolute Gasteiger partial charge is 0.483 e. The second kappa shape index (κ2) is 5.83. The standard InChI is InChI=1S/C16H24N2O2/c1-16(2,3)13-6-4-5-7-14(13)20-11-15(19)18-9-8-12(17)10-18/h4-7,12H,8-11,17H2,1-3H3/t12-/m1/s1. The summed E-state index contributed by atoms with van der Waals surface area (Å²) in [5, 5.41) is 0. The van der Waals surface area contributed by atoms with Gasteiger partial charge in [0, 0.05) is 19.1 Å². The van der Waals surface area contributed by atoms with Gasteiger partial charge in [-0.3, -0.25) is 4.79 Å². The Morgan fingerprint density at radius 2 is 2.10 bits per heavy atom. The maximum atomic E-state index is 12.1. The summed E-state index contributed by atoms with van der Waals surface area (Å²) in [5.41, 5.74) is 6.93. The molecule has 0 unspecified atom stereocenters. The Labute approximate surface area is 120 Å². The highest BCUT2D eigenvalue weighted by Gasteiger charge is 2.24. The maximum Gasteiger partial charge on any atom is 0.260 e. The molecule has 0 radical (unpaired) electrons. The fraction of sp³-hybridized carbons (Fsp3) is 0.562. The first kappa shape index (κ1) is 14.9. The molecule has 0 aromatic heterocycles. The summed E-state index contributed by atoms with van der Waals surface area (Å²) in [4.78, 5) is 13.9. The Balaban J connectivity index is 1.99. The van der Waals surface area contributed by atoms with Crippen molar-refractivity contribution in [1.29, 1.82) is 0 Å². The average molecular weight is 276 g/mol. The first-order chi connectivity index (χ1) is 9.38. The van der Waals surface area contributed by atoms with E-state index in [0.717, 1.165) is 24.3 Å². The number of hydrogen-bond acceptors (Lipinski definition) is 3. The fourth-order valence-corrected chi connectivity index (χ4v) is 2.46. The van der Waals surface area contributed by atoms with Crippen LogP contribution in [0.2, 0.25) is 0 Å². The lowest BCUT2D eigenvalue weighted by Gasteiger charge is -2.23. The third-order valence-electron chi connectivity index (χ3n) is 3.62. The number of rotatable bonds is 3. The Hall–Kier alpha value is -1.55. The van der Waals surface area contributed by atoms with Crippen LogP contribution in [-0.2, 0) is 10.2 Å². The van der Waals surface area contributed by atoms with Crippen molar-refractivity contribution in [3.63, 3.8) is 0 Å². The molecule has 4 heteroatoms. The highest BCUT2D eigenvalue weighted by molar-refractivity contribution is 5.78. The third-order valence-corrected chi connectivity index (χ3v) is 3.62. The smallest absolute Gasteiger partial charge is 0.260 e. The number of ether oxygens (including phenoxy) is 1. The zero-order chi connectivity index (χ0) is 14.8. The van der Waals surface area contributed by atoms with Crippen LogP contribution in [0.4, 0.5) is 0 Å². The zero-order valence-corrected chi connectivity index (χ0v) is 12.6. The molecule has 1 heterocycles. The van der Waals surface area contributed by atoms with Gasteiger partial charge < -0.3 is 15.4 Å². The Kier molecular flexibility index (Phi) is 4.33. The van der Waals surface area contributed by atoms with Crippen molar-refractivity contribution < 1.29 is 9.53 Å². The van der Waals surface area contributed by atoms with E-state index in [4.69, 9.17) is 10.5 Å². The number of benzene rings is 1. The molecule has 1 aliphatic rings. The molecule has 20 heavy (non-hydrogen) atoms. The molecule has 1 fully saturated rings. The van der Waals surface area contributed by atoms with E-state index in [1.165, 1.54) is 0 Å². The van der Waals surface area contributed by atoms with E-state index >= 15 is 0 Å². The van der Waals surface area contributed by atoms with Crippen LogP contribution < -0.4 is 10.5 Å². The first-order valence-corrected chi connectivity index (χ1v) is 7.13. The molecule has 1 saturated heterocycles. The Bertz CT molecular complexity index is 480. The molecule has 0 aliphatic carbocycles. The summed E-state index contributed by atoms with van der Waals surface area (Å²) in [6.45, 7) is 7.87. The second-order valence-electron chi connectivity index (χ2n) is 6.42. The lowest BCUT2D eigenvalue weighted by molar-refractivity contribution is -0.132. The van der Waals surface area contributed by atoms with Crippen LogP contribution in [0.1, 0.15) is 32.8 Å². The van der Waals surface area contributed by atoms with Crippen molar-refractivity contribution >= 4 is 5.91 Å². The normalized spacial score (nSPS) is 19.2.